The normalized spacial score (nSPS) is 19.1. The van der Waals surface area contributed by atoms with Crippen molar-refractivity contribution in [2.45, 2.75) is 24.9 Å². The number of carboxylic acid groups (broad SMARTS) is 1. The van der Waals surface area contributed by atoms with E-state index in [-0.39, 0.29) is 24.8 Å². The highest BCUT2D eigenvalue weighted by atomic mass is 19.1. The van der Waals surface area contributed by atoms with Gasteiger partial charge in [0.05, 0.1) is 25.9 Å². The standard InChI is InChI=1S/C21H23F2NO5/c22-15-10-16(23)12-18(11-15)29-9-1-8-28-17-4-2-14(3-5-17)19-6-7-24(21(26)27)13-20(19)25/h2-5,10-12,19-20,25H,1,6-9,13H2,(H,26,27). The van der Waals surface area contributed by atoms with Crippen LogP contribution in [-0.4, -0.2) is 53.6 Å². The fraction of sp³-hybridized carbons (Fsp3) is 0.381. The minimum absolute atomic E-state index is 0.105. The van der Waals surface area contributed by atoms with Gasteiger partial charge >= 0.3 is 6.09 Å². The molecule has 2 N–H and O–H groups in total. The molecule has 1 aliphatic rings. The van der Waals surface area contributed by atoms with Gasteiger partial charge in [0.15, 0.2) is 0 Å². The van der Waals surface area contributed by atoms with Gasteiger partial charge in [0.25, 0.3) is 0 Å². The van der Waals surface area contributed by atoms with E-state index in [4.69, 9.17) is 14.6 Å². The van der Waals surface area contributed by atoms with Gasteiger partial charge in [-0.15, -0.1) is 0 Å². The number of likely N-dealkylation sites (tertiary alicyclic amines) is 1. The predicted molar refractivity (Wildman–Crippen MR) is 101 cm³/mol. The number of hydrogen-bond donors (Lipinski definition) is 2. The molecular weight excluding hydrogens is 384 g/mol. The quantitative estimate of drug-likeness (QED) is 0.685. The van der Waals surface area contributed by atoms with E-state index in [1.807, 2.05) is 12.1 Å². The summed E-state index contributed by atoms with van der Waals surface area (Å²) in [7, 11) is 0. The number of β-amino-alcohol motifs (C(OH)–C–C–N with tert-alkyl or cyclic N) is 1. The lowest BCUT2D eigenvalue weighted by atomic mass is 9.87. The average molecular weight is 407 g/mol. The Bertz CT molecular complexity index is 810. The van der Waals surface area contributed by atoms with E-state index in [9.17, 15) is 18.7 Å². The molecule has 2 unspecified atom stereocenters. The van der Waals surface area contributed by atoms with Crippen LogP contribution in [0.3, 0.4) is 0 Å². The molecular formula is C21H23F2NO5. The molecule has 0 spiro atoms. The van der Waals surface area contributed by atoms with Crippen LogP contribution in [-0.2, 0) is 0 Å². The Morgan fingerprint density at radius 2 is 1.66 bits per heavy atom. The van der Waals surface area contributed by atoms with Gasteiger partial charge in [-0.2, -0.15) is 0 Å². The number of nitrogens with zero attached hydrogens (tertiary/aromatic N) is 1. The lowest BCUT2D eigenvalue weighted by Gasteiger charge is -2.34. The molecule has 156 valence electrons. The molecule has 2 aromatic rings. The zero-order valence-electron chi connectivity index (χ0n) is 15.8. The largest absolute Gasteiger partial charge is 0.493 e. The smallest absolute Gasteiger partial charge is 0.407 e. The molecule has 2 atom stereocenters. The number of hydrogen-bond acceptors (Lipinski definition) is 4. The fourth-order valence-corrected chi connectivity index (χ4v) is 3.36. The minimum atomic E-state index is -1.02. The van der Waals surface area contributed by atoms with E-state index in [0.717, 1.165) is 23.8 Å². The summed E-state index contributed by atoms with van der Waals surface area (Å²) in [4.78, 5) is 12.2. The second-order valence-corrected chi connectivity index (χ2v) is 6.92. The number of piperidine rings is 1. The molecule has 1 saturated heterocycles. The third-order valence-corrected chi connectivity index (χ3v) is 4.82. The molecule has 0 aliphatic carbocycles. The van der Waals surface area contributed by atoms with E-state index < -0.39 is 23.8 Å². The van der Waals surface area contributed by atoms with Crippen molar-refractivity contribution in [2.75, 3.05) is 26.3 Å². The van der Waals surface area contributed by atoms with E-state index in [1.165, 1.54) is 4.90 Å². The minimum Gasteiger partial charge on any atom is -0.493 e. The van der Waals surface area contributed by atoms with Crippen LogP contribution in [0.5, 0.6) is 11.5 Å². The summed E-state index contributed by atoms with van der Waals surface area (Å²) in [6, 6.07) is 10.4. The number of rotatable bonds is 7. The van der Waals surface area contributed by atoms with Gasteiger partial charge in [-0.05, 0) is 24.1 Å². The van der Waals surface area contributed by atoms with Crippen molar-refractivity contribution in [3.63, 3.8) is 0 Å². The van der Waals surface area contributed by atoms with Crippen LogP contribution < -0.4 is 9.47 Å². The van der Waals surface area contributed by atoms with Crippen molar-refractivity contribution < 1.29 is 33.3 Å². The number of amides is 1. The summed E-state index contributed by atoms with van der Waals surface area (Å²) < 4.78 is 37.1. The van der Waals surface area contributed by atoms with E-state index in [1.54, 1.807) is 12.1 Å². The first-order valence-corrected chi connectivity index (χ1v) is 9.40. The summed E-state index contributed by atoms with van der Waals surface area (Å²) in [5.41, 5.74) is 0.936. The number of ether oxygens (including phenoxy) is 2. The Kier molecular flexibility index (Phi) is 6.87. The zero-order valence-corrected chi connectivity index (χ0v) is 15.8. The zero-order chi connectivity index (χ0) is 20.8. The number of halogens is 2. The Balaban J connectivity index is 1.42. The Hall–Kier alpha value is -2.87. The topological polar surface area (TPSA) is 79.2 Å². The molecule has 0 bridgehead atoms. The maximum Gasteiger partial charge on any atom is 0.407 e. The van der Waals surface area contributed by atoms with Crippen molar-refractivity contribution >= 4 is 6.09 Å². The molecule has 2 aromatic carbocycles. The maximum absolute atomic E-state index is 13.1. The predicted octanol–water partition coefficient (Wildman–Crippen LogP) is 3.64. The van der Waals surface area contributed by atoms with Crippen molar-refractivity contribution in [1.82, 2.24) is 4.90 Å². The maximum atomic E-state index is 13.1. The molecule has 6 nitrogen and oxygen atoms in total. The highest BCUT2D eigenvalue weighted by Gasteiger charge is 2.30. The molecule has 0 radical (unpaired) electrons. The monoisotopic (exact) mass is 407 g/mol. The van der Waals surface area contributed by atoms with Crippen LogP contribution in [0.4, 0.5) is 13.6 Å². The van der Waals surface area contributed by atoms with E-state index >= 15 is 0 Å². The molecule has 1 heterocycles. The summed E-state index contributed by atoms with van der Waals surface area (Å²) in [6.07, 6.45) is -0.660. The van der Waals surface area contributed by atoms with Crippen molar-refractivity contribution in [1.29, 1.82) is 0 Å². The van der Waals surface area contributed by atoms with Gasteiger partial charge in [-0.1, -0.05) is 12.1 Å². The lowest BCUT2D eigenvalue weighted by molar-refractivity contribution is 0.0504. The second kappa shape index (κ2) is 9.56. The average Bonchev–Trinajstić information content (AvgIpc) is 2.67. The van der Waals surface area contributed by atoms with Gasteiger partial charge in [0.1, 0.15) is 23.1 Å². The van der Waals surface area contributed by atoms with Crippen LogP contribution in [0.25, 0.3) is 0 Å². The summed E-state index contributed by atoms with van der Waals surface area (Å²) in [5, 5.41) is 19.3. The molecule has 3 rings (SSSR count). The van der Waals surface area contributed by atoms with E-state index in [0.29, 0.717) is 31.7 Å². The molecule has 1 fully saturated rings. The molecule has 29 heavy (non-hydrogen) atoms. The first kappa shape index (κ1) is 20.9. The van der Waals surface area contributed by atoms with Crippen LogP contribution in [0.1, 0.15) is 24.3 Å². The third kappa shape index (κ3) is 5.80. The van der Waals surface area contributed by atoms with Crippen LogP contribution in [0, 0.1) is 11.6 Å². The van der Waals surface area contributed by atoms with Crippen molar-refractivity contribution in [3.8, 4) is 11.5 Å². The van der Waals surface area contributed by atoms with Gasteiger partial charge in [-0.3, -0.25) is 0 Å². The first-order chi connectivity index (χ1) is 13.9. The first-order valence-electron chi connectivity index (χ1n) is 9.40. The highest BCUT2D eigenvalue weighted by molar-refractivity contribution is 5.65. The molecule has 0 aromatic heterocycles. The van der Waals surface area contributed by atoms with Gasteiger partial charge in [0, 0.05) is 37.1 Å². The summed E-state index contributed by atoms with van der Waals surface area (Å²) >= 11 is 0. The Labute approximate surface area is 167 Å². The third-order valence-electron chi connectivity index (χ3n) is 4.82. The van der Waals surface area contributed by atoms with Crippen molar-refractivity contribution in [3.05, 3.63) is 59.7 Å². The van der Waals surface area contributed by atoms with Gasteiger partial charge in [-0.25, -0.2) is 13.6 Å². The van der Waals surface area contributed by atoms with Crippen LogP contribution >= 0.6 is 0 Å². The Morgan fingerprint density at radius 1 is 1.03 bits per heavy atom. The SMILES string of the molecule is O=C(O)N1CCC(c2ccc(OCCCOc3cc(F)cc(F)c3)cc2)C(O)C1. The van der Waals surface area contributed by atoms with Crippen molar-refractivity contribution in [2.24, 2.45) is 0 Å². The second-order valence-electron chi connectivity index (χ2n) is 6.92. The van der Waals surface area contributed by atoms with Gasteiger partial charge < -0.3 is 24.6 Å². The van der Waals surface area contributed by atoms with Gasteiger partial charge in [0.2, 0.25) is 0 Å². The van der Waals surface area contributed by atoms with E-state index in [2.05, 4.69) is 0 Å². The summed E-state index contributed by atoms with van der Waals surface area (Å²) in [6.45, 7) is 1.13. The number of aliphatic hydroxyl groups excluding tert-OH is 1. The highest BCUT2D eigenvalue weighted by Crippen LogP contribution is 2.29. The number of carbonyl (C=O) groups is 1. The fourth-order valence-electron chi connectivity index (χ4n) is 3.36. The summed E-state index contributed by atoms with van der Waals surface area (Å²) in [5.74, 6) is -0.688. The number of aliphatic hydroxyl groups is 1. The number of benzene rings is 2. The molecule has 0 saturated carbocycles. The molecule has 8 heteroatoms. The van der Waals surface area contributed by atoms with Crippen LogP contribution in [0.2, 0.25) is 0 Å². The van der Waals surface area contributed by atoms with Crippen LogP contribution in [0.15, 0.2) is 42.5 Å². The lowest BCUT2D eigenvalue weighted by Crippen LogP contribution is -2.45. The molecule has 1 aliphatic heterocycles. The Morgan fingerprint density at radius 3 is 2.24 bits per heavy atom. The molecule has 1 amide bonds.